The Balaban J connectivity index is 2.27. The standard InChI is InChI=1S/C15H11NO2/c16-15(17)9-12-10-5-1-3-7-13(10)18-14-8-4-2-6-11(12)14/h1-9H,(H2,16,17). The highest BCUT2D eigenvalue weighted by atomic mass is 16.5. The molecule has 3 nitrogen and oxygen atoms in total. The van der Waals surface area contributed by atoms with Crippen LogP contribution in [0.2, 0.25) is 0 Å². The first kappa shape index (κ1) is 10.6. The van der Waals surface area contributed by atoms with Gasteiger partial charge < -0.3 is 10.5 Å². The number of hydrogen-bond donors (Lipinski definition) is 1. The fourth-order valence-corrected chi connectivity index (χ4v) is 2.12. The van der Waals surface area contributed by atoms with Gasteiger partial charge in [-0.3, -0.25) is 4.79 Å². The summed E-state index contributed by atoms with van der Waals surface area (Å²) in [7, 11) is 0. The summed E-state index contributed by atoms with van der Waals surface area (Å²) < 4.78 is 5.80. The Morgan fingerprint density at radius 1 is 0.944 bits per heavy atom. The molecule has 3 rings (SSSR count). The molecular weight excluding hydrogens is 226 g/mol. The highest BCUT2D eigenvalue weighted by molar-refractivity contribution is 6.00. The molecule has 0 spiro atoms. The molecule has 0 atom stereocenters. The summed E-state index contributed by atoms with van der Waals surface area (Å²) in [4.78, 5) is 11.2. The van der Waals surface area contributed by atoms with Gasteiger partial charge in [0.05, 0.1) is 0 Å². The zero-order chi connectivity index (χ0) is 12.5. The van der Waals surface area contributed by atoms with Gasteiger partial charge in [0.2, 0.25) is 5.91 Å². The Morgan fingerprint density at radius 3 is 1.94 bits per heavy atom. The fourth-order valence-electron chi connectivity index (χ4n) is 2.12. The molecule has 88 valence electrons. The Morgan fingerprint density at radius 2 is 1.44 bits per heavy atom. The maximum absolute atomic E-state index is 11.2. The average molecular weight is 237 g/mol. The number of carbonyl (C=O) groups excluding carboxylic acids is 1. The second-order valence-electron chi connectivity index (χ2n) is 4.05. The molecule has 3 heteroatoms. The molecule has 1 amide bonds. The number of amides is 1. The van der Waals surface area contributed by atoms with Gasteiger partial charge in [-0.25, -0.2) is 0 Å². The lowest BCUT2D eigenvalue weighted by molar-refractivity contribution is -0.113. The van der Waals surface area contributed by atoms with Crippen molar-refractivity contribution >= 4 is 11.5 Å². The number of rotatable bonds is 1. The van der Waals surface area contributed by atoms with Gasteiger partial charge >= 0.3 is 0 Å². The van der Waals surface area contributed by atoms with Crippen LogP contribution in [0.25, 0.3) is 5.57 Å². The third kappa shape index (κ3) is 1.66. The summed E-state index contributed by atoms with van der Waals surface area (Å²) in [6.45, 7) is 0. The molecule has 2 N–H and O–H groups in total. The Hall–Kier alpha value is -2.55. The molecular formula is C15H11NO2. The second-order valence-corrected chi connectivity index (χ2v) is 4.05. The third-order valence-corrected chi connectivity index (χ3v) is 2.86. The molecule has 0 saturated heterocycles. The maximum atomic E-state index is 11.2. The molecule has 2 aromatic rings. The average Bonchev–Trinajstić information content (AvgIpc) is 2.38. The van der Waals surface area contributed by atoms with E-state index in [4.69, 9.17) is 10.5 Å². The molecule has 1 heterocycles. The van der Waals surface area contributed by atoms with E-state index in [1.807, 2.05) is 48.5 Å². The quantitative estimate of drug-likeness (QED) is 0.661. The van der Waals surface area contributed by atoms with Gasteiger partial charge in [-0.2, -0.15) is 0 Å². The molecule has 1 aliphatic rings. The highest BCUT2D eigenvalue weighted by Crippen LogP contribution is 2.42. The Kier molecular flexibility index (Phi) is 2.38. The van der Waals surface area contributed by atoms with Crippen molar-refractivity contribution in [2.75, 3.05) is 0 Å². The van der Waals surface area contributed by atoms with Crippen LogP contribution in [0.1, 0.15) is 11.1 Å². The number of fused-ring (bicyclic) bond motifs is 2. The van der Waals surface area contributed by atoms with E-state index in [1.165, 1.54) is 6.08 Å². The summed E-state index contributed by atoms with van der Waals surface area (Å²) in [5, 5.41) is 0. The Labute approximate surface area is 105 Å². The zero-order valence-corrected chi connectivity index (χ0v) is 9.59. The molecule has 2 aromatic carbocycles. The van der Waals surface area contributed by atoms with E-state index < -0.39 is 5.91 Å². The van der Waals surface area contributed by atoms with Crippen molar-refractivity contribution in [3.63, 3.8) is 0 Å². The summed E-state index contributed by atoms with van der Waals surface area (Å²) in [5.41, 5.74) is 7.86. The molecule has 18 heavy (non-hydrogen) atoms. The molecule has 0 aromatic heterocycles. The van der Waals surface area contributed by atoms with Gasteiger partial charge in [-0.15, -0.1) is 0 Å². The van der Waals surface area contributed by atoms with Crippen LogP contribution in [0.15, 0.2) is 54.6 Å². The second kappa shape index (κ2) is 4.04. The van der Waals surface area contributed by atoms with Crippen LogP contribution in [0.5, 0.6) is 11.5 Å². The largest absolute Gasteiger partial charge is 0.456 e. The molecule has 0 aliphatic carbocycles. The number of hydrogen-bond acceptors (Lipinski definition) is 2. The van der Waals surface area contributed by atoms with Crippen molar-refractivity contribution in [1.29, 1.82) is 0 Å². The van der Waals surface area contributed by atoms with Crippen molar-refractivity contribution in [2.24, 2.45) is 5.73 Å². The van der Waals surface area contributed by atoms with Crippen molar-refractivity contribution in [2.45, 2.75) is 0 Å². The first-order chi connectivity index (χ1) is 8.75. The van der Waals surface area contributed by atoms with Crippen LogP contribution < -0.4 is 10.5 Å². The number of carbonyl (C=O) groups is 1. The van der Waals surface area contributed by atoms with Crippen LogP contribution in [0, 0.1) is 0 Å². The summed E-state index contributed by atoms with van der Waals surface area (Å²) in [5.74, 6) is 1.02. The third-order valence-electron chi connectivity index (χ3n) is 2.86. The lowest BCUT2D eigenvalue weighted by Crippen LogP contribution is -2.09. The SMILES string of the molecule is NC(=O)C=C1c2ccccc2Oc2ccccc21. The molecule has 0 saturated carbocycles. The van der Waals surface area contributed by atoms with Crippen molar-refractivity contribution in [1.82, 2.24) is 0 Å². The van der Waals surface area contributed by atoms with Crippen LogP contribution >= 0.6 is 0 Å². The van der Waals surface area contributed by atoms with Gasteiger partial charge in [0, 0.05) is 22.8 Å². The molecule has 0 unspecified atom stereocenters. The van der Waals surface area contributed by atoms with Crippen LogP contribution in [0.4, 0.5) is 0 Å². The van der Waals surface area contributed by atoms with E-state index in [0.717, 1.165) is 28.2 Å². The number of ether oxygens (including phenoxy) is 1. The number of para-hydroxylation sites is 2. The Bertz CT molecular complexity index is 612. The molecule has 0 fully saturated rings. The van der Waals surface area contributed by atoms with E-state index in [1.54, 1.807) is 0 Å². The first-order valence-corrected chi connectivity index (χ1v) is 5.63. The monoisotopic (exact) mass is 237 g/mol. The summed E-state index contributed by atoms with van der Waals surface area (Å²) in [6, 6.07) is 15.2. The fraction of sp³-hybridized carbons (Fsp3) is 0. The minimum atomic E-state index is -0.462. The van der Waals surface area contributed by atoms with E-state index in [9.17, 15) is 4.79 Å². The molecule has 0 radical (unpaired) electrons. The zero-order valence-electron chi connectivity index (χ0n) is 9.59. The topological polar surface area (TPSA) is 52.3 Å². The molecule has 0 bridgehead atoms. The normalized spacial score (nSPS) is 12.1. The van der Waals surface area contributed by atoms with Gasteiger partial charge in [-0.05, 0) is 12.1 Å². The van der Waals surface area contributed by atoms with E-state index >= 15 is 0 Å². The maximum Gasteiger partial charge on any atom is 0.242 e. The predicted molar refractivity (Wildman–Crippen MR) is 69.2 cm³/mol. The number of nitrogens with two attached hydrogens (primary N) is 1. The van der Waals surface area contributed by atoms with Crippen molar-refractivity contribution < 1.29 is 9.53 Å². The van der Waals surface area contributed by atoms with Gasteiger partial charge in [0.15, 0.2) is 0 Å². The van der Waals surface area contributed by atoms with Gasteiger partial charge in [0.1, 0.15) is 11.5 Å². The van der Waals surface area contributed by atoms with E-state index in [-0.39, 0.29) is 0 Å². The van der Waals surface area contributed by atoms with E-state index in [0.29, 0.717) is 0 Å². The smallest absolute Gasteiger partial charge is 0.242 e. The lowest BCUT2D eigenvalue weighted by Gasteiger charge is -2.22. The number of benzene rings is 2. The van der Waals surface area contributed by atoms with Gasteiger partial charge in [0.25, 0.3) is 0 Å². The van der Waals surface area contributed by atoms with E-state index in [2.05, 4.69) is 0 Å². The minimum absolute atomic E-state index is 0.462. The van der Waals surface area contributed by atoms with Gasteiger partial charge in [-0.1, -0.05) is 36.4 Å². The van der Waals surface area contributed by atoms with Crippen LogP contribution in [-0.2, 0) is 4.79 Å². The van der Waals surface area contributed by atoms with Crippen molar-refractivity contribution in [3.8, 4) is 11.5 Å². The summed E-state index contributed by atoms with van der Waals surface area (Å²) in [6.07, 6.45) is 1.44. The first-order valence-electron chi connectivity index (χ1n) is 5.63. The lowest BCUT2D eigenvalue weighted by atomic mass is 9.93. The van der Waals surface area contributed by atoms with Crippen molar-refractivity contribution in [3.05, 3.63) is 65.7 Å². The number of primary amides is 1. The summed E-state index contributed by atoms with van der Waals surface area (Å²) >= 11 is 0. The predicted octanol–water partition coefficient (Wildman–Crippen LogP) is 2.71. The highest BCUT2D eigenvalue weighted by Gasteiger charge is 2.21. The minimum Gasteiger partial charge on any atom is -0.456 e. The molecule has 1 aliphatic heterocycles. The van der Waals surface area contributed by atoms with Crippen LogP contribution in [0.3, 0.4) is 0 Å². The van der Waals surface area contributed by atoms with Crippen LogP contribution in [-0.4, -0.2) is 5.91 Å².